The lowest BCUT2D eigenvalue weighted by atomic mass is 10.2. The van der Waals surface area contributed by atoms with Gasteiger partial charge in [0.25, 0.3) is 5.91 Å². The Morgan fingerprint density at radius 3 is 2.43 bits per heavy atom. The quantitative estimate of drug-likeness (QED) is 0.749. The third-order valence-corrected chi connectivity index (χ3v) is 3.42. The van der Waals surface area contributed by atoms with E-state index in [0.29, 0.717) is 30.3 Å². The molecule has 1 unspecified atom stereocenters. The molecule has 0 saturated carbocycles. The maximum absolute atomic E-state index is 12.1. The lowest BCUT2D eigenvalue weighted by Gasteiger charge is -2.17. The SMILES string of the molecule is CCC(Oc1ccc(Cl)cc1)C(=O)NCCOc1ccccc1. The third-order valence-electron chi connectivity index (χ3n) is 3.17. The molecule has 1 N–H and O–H groups in total. The topological polar surface area (TPSA) is 47.6 Å². The Balaban J connectivity index is 1.75. The van der Waals surface area contributed by atoms with Crippen LogP contribution < -0.4 is 14.8 Å². The van der Waals surface area contributed by atoms with Crippen molar-refractivity contribution >= 4 is 17.5 Å². The molecule has 0 aliphatic heterocycles. The van der Waals surface area contributed by atoms with Crippen molar-refractivity contribution in [1.82, 2.24) is 5.32 Å². The van der Waals surface area contributed by atoms with Crippen LogP contribution >= 0.6 is 11.6 Å². The van der Waals surface area contributed by atoms with Crippen molar-refractivity contribution < 1.29 is 14.3 Å². The van der Waals surface area contributed by atoms with Crippen molar-refractivity contribution in [3.05, 3.63) is 59.6 Å². The Morgan fingerprint density at radius 1 is 1.09 bits per heavy atom. The molecule has 0 fully saturated rings. The average molecular weight is 334 g/mol. The number of halogens is 1. The van der Waals surface area contributed by atoms with E-state index in [-0.39, 0.29) is 5.91 Å². The first-order valence-electron chi connectivity index (χ1n) is 7.57. The zero-order chi connectivity index (χ0) is 16.5. The predicted octanol–water partition coefficient (Wildman–Crippen LogP) is 3.69. The lowest BCUT2D eigenvalue weighted by molar-refractivity contribution is -0.128. The van der Waals surface area contributed by atoms with Crippen LogP contribution in [0.1, 0.15) is 13.3 Å². The average Bonchev–Trinajstić information content (AvgIpc) is 2.59. The normalized spacial score (nSPS) is 11.6. The number of para-hydroxylation sites is 1. The molecule has 0 bridgehead atoms. The van der Waals surface area contributed by atoms with E-state index in [9.17, 15) is 4.79 Å². The molecular formula is C18H20ClNO3. The van der Waals surface area contributed by atoms with E-state index < -0.39 is 6.10 Å². The van der Waals surface area contributed by atoms with E-state index >= 15 is 0 Å². The third kappa shape index (κ3) is 5.83. The van der Waals surface area contributed by atoms with Crippen LogP contribution in [0.3, 0.4) is 0 Å². The molecule has 5 heteroatoms. The Labute approximate surface area is 141 Å². The van der Waals surface area contributed by atoms with Crippen LogP contribution in [-0.4, -0.2) is 25.2 Å². The highest BCUT2D eigenvalue weighted by Gasteiger charge is 2.17. The number of nitrogens with one attached hydrogen (secondary N) is 1. The fourth-order valence-electron chi connectivity index (χ4n) is 1.97. The van der Waals surface area contributed by atoms with Gasteiger partial charge in [-0.15, -0.1) is 0 Å². The molecule has 0 aliphatic carbocycles. The van der Waals surface area contributed by atoms with Crippen LogP contribution in [0, 0.1) is 0 Å². The van der Waals surface area contributed by atoms with Crippen molar-refractivity contribution in [2.45, 2.75) is 19.4 Å². The number of rotatable bonds is 8. The Bertz CT molecular complexity index is 601. The van der Waals surface area contributed by atoms with Gasteiger partial charge in [-0.3, -0.25) is 4.79 Å². The van der Waals surface area contributed by atoms with Gasteiger partial charge in [-0.1, -0.05) is 36.7 Å². The lowest BCUT2D eigenvalue weighted by Crippen LogP contribution is -2.39. The minimum atomic E-state index is -0.534. The van der Waals surface area contributed by atoms with Crippen molar-refractivity contribution in [1.29, 1.82) is 0 Å². The first kappa shape index (κ1) is 17.2. The molecule has 4 nitrogen and oxygen atoms in total. The maximum Gasteiger partial charge on any atom is 0.261 e. The first-order chi connectivity index (χ1) is 11.2. The molecule has 0 heterocycles. The van der Waals surface area contributed by atoms with Crippen LogP contribution in [0.4, 0.5) is 0 Å². The number of amides is 1. The summed E-state index contributed by atoms with van der Waals surface area (Å²) in [5.74, 6) is 1.25. The van der Waals surface area contributed by atoms with Crippen LogP contribution in [0.2, 0.25) is 5.02 Å². The van der Waals surface area contributed by atoms with Gasteiger partial charge in [-0.25, -0.2) is 0 Å². The van der Waals surface area contributed by atoms with Gasteiger partial charge in [-0.05, 0) is 42.8 Å². The minimum absolute atomic E-state index is 0.154. The molecule has 0 saturated heterocycles. The zero-order valence-electron chi connectivity index (χ0n) is 13.0. The standard InChI is InChI=1S/C18H20ClNO3/c1-2-17(23-16-10-8-14(19)9-11-16)18(21)20-12-13-22-15-6-4-3-5-7-15/h3-11,17H,2,12-13H2,1H3,(H,20,21). The highest BCUT2D eigenvalue weighted by atomic mass is 35.5. The molecule has 0 aliphatic rings. The van der Waals surface area contributed by atoms with E-state index in [2.05, 4.69) is 5.32 Å². The van der Waals surface area contributed by atoms with E-state index in [1.165, 1.54) is 0 Å². The molecule has 1 atom stereocenters. The molecule has 2 rings (SSSR count). The molecule has 0 aromatic heterocycles. The highest BCUT2D eigenvalue weighted by molar-refractivity contribution is 6.30. The van der Waals surface area contributed by atoms with Gasteiger partial charge in [0, 0.05) is 5.02 Å². The smallest absolute Gasteiger partial charge is 0.261 e. The Morgan fingerprint density at radius 2 is 1.78 bits per heavy atom. The van der Waals surface area contributed by atoms with Gasteiger partial charge < -0.3 is 14.8 Å². The summed E-state index contributed by atoms with van der Waals surface area (Å²) in [6, 6.07) is 16.4. The van der Waals surface area contributed by atoms with E-state index in [1.807, 2.05) is 37.3 Å². The molecular weight excluding hydrogens is 314 g/mol. The summed E-state index contributed by atoms with van der Waals surface area (Å²) < 4.78 is 11.2. The summed E-state index contributed by atoms with van der Waals surface area (Å²) in [7, 11) is 0. The number of carbonyl (C=O) groups is 1. The summed E-state index contributed by atoms with van der Waals surface area (Å²) in [6.45, 7) is 2.74. The van der Waals surface area contributed by atoms with Crippen LogP contribution in [0.25, 0.3) is 0 Å². The van der Waals surface area contributed by atoms with Crippen molar-refractivity contribution in [2.24, 2.45) is 0 Å². The Hall–Kier alpha value is -2.20. The largest absolute Gasteiger partial charge is 0.492 e. The second-order valence-corrected chi connectivity index (χ2v) is 5.36. The van der Waals surface area contributed by atoms with E-state index in [1.54, 1.807) is 24.3 Å². The first-order valence-corrected chi connectivity index (χ1v) is 7.94. The summed E-state index contributed by atoms with van der Waals surface area (Å²) >= 11 is 5.83. The molecule has 2 aromatic rings. The van der Waals surface area contributed by atoms with Gasteiger partial charge in [-0.2, -0.15) is 0 Å². The monoisotopic (exact) mass is 333 g/mol. The van der Waals surface area contributed by atoms with Gasteiger partial charge in [0.05, 0.1) is 6.54 Å². The molecule has 0 spiro atoms. The van der Waals surface area contributed by atoms with E-state index in [4.69, 9.17) is 21.1 Å². The predicted molar refractivity (Wildman–Crippen MR) is 91.1 cm³/mol. The fraction of sp³-hybridized carbons (Fsp3) is 0.278. The van der Waals surface area contributed by atoms with Crippen LogP contribution in [0.15, 0.2) is 54.6 Å². The number of hydrogen-bond donors (Lipinski definition) is 1. The second-order valence-electron chi connectivity index (χ2n) is 4.92. The number of ether oxygens (including phenoxy) is 2. The zero-order valence-corrected chi connectivity index (χ0v) is 13.8. The van der Waals surface area contributed by atoms with Crippen molar-refractivity contribution in [3.8, 4) is 11.5 Å². The van der Waals surface area contributed by atoms with Gasteiger partial charge >= 0.3 is 0 Å². The molecule has 122 valence electrons. The summed E-state index contributed by atoms with van der Waals surface area (Å²) in [6.07, 6.45) is 0.0430. The van der Waals surface area contributed by atoms with Gasteiger partial charge in [0.2, 0.25) is 0 Å². The molecule has 1 amide bonds. The van der Waals surface area contributed by atoms with E-state index in [0.717, 1.165) is 5.75 Å². The summed E-state index contributed by atoms with van der Waals surface area (Å²) in [5.41, 5.74) is 0. The fourth-order valence-corrected chi connectivity index (χ4v) is 2.10. The van der Waals surface area contributed by atoms with Crippen LogP contribution in [-0.2, 0) is 4.79 Å². The summed E-state index contributed by atoms with van der Waals surface area (Å²) in [5, 5.41) is 3.45. The Kier molecular flexibility index (Phi) is 6.76. The summed E-state index contributed by atoms with van der Waals surface area (Å²) in [4.78, 5) is 12.1. The second kappa shape index (κ2) is 9.06. The van der Waals surface area contributed by atoms with Crippen LogP contribution in [0.5, 0.6) is 11.5 Å². The van der Waals surface area contributed by atoms with Crippen molar-refractivity contribution in [3.63, 3.8) is 0 Å². The number of carbonyl (C=O) groups excluding carboxylic acids is 1. The molecule has 23 heavy (non-hydrogen) atoms. The number of benzene rings is 2. The van der Waals surface area contributed by atoms with Gasteiger partial charge in [0.1, 0.15) is 18.1 Å². The maximum atomic E-state index is 12.1. The van der Waals surface area contributed by atoms with Gasteiger partial charge in [0.15, 0.2) is 6.10 Å². The molecule has 2 aromatic carbocycles. The highest BCUT2D eigenvalue weighted by Crippen LogP contribution is 2.17. The minimum Gasteiger partial charge on any atom is -0.492 e. The number of hydrogen-bond acceptors (Lipinski definition) is 3. The molecule has 0 radical (unpaired) electrons. The van der Waals surface area contributed by atoms with Crippen molar-refractivity contribution in [2.75, 3.05) is 13.2 Å².